The maximum Gasteiger partial charge on any atom is 0.0751 e. The molecule has 4 heteroatoms. The Hall–Kier alpha value is -4.63. The van der Waals surface area contributed by atoms with Gasteiger partial charge in [0.2, 0.25) is 0 Å². The molecular formula is C40H30IrN2O-2. The summed E-state index contributed by atoms with van der Waals surface area (Å²) in [6.07, 6.45) is 3.72. The summed E-state index contributed by atoms with van der Waals surface area (Å²) >= 11 is 0. The van der Waals surface area contributed by atoms with Crippen molar-refractivity contribution >= 4 is 21.5 Å². The number of nitrogens with zero attached hydrogens (tertiary/aromatic N) is 2. The standard InChI is InChI=1S/C25H20NO.C15H10N.Ir/c1-25(2)21-12-11-16-7-4-5-10-19(16)22(21)20-13-14-26-24(23(20)25)17-8-6-9-18(15-17)27-3;1-2-6-13-11-14(9-8-12(13)5-1)15-7-3-4-10-16-15;/h4-7,9-15H,1-3H3;1-8,10-11H;/q2*-1;. The van der Waals surface area contributed by atoms with Crippen molar-refractivity contribution in [3.05, 3.63) is 151 Å². The van der Waals surface area contributed by atoms with Crippen LogP contribution in [-0.2, 0) is 25.5 Å². The summed E-state index contributed by atoms with van der Waals surface area (Å²) in [5.74, 6) is 0.821. The van der Waals surface area contributed by atoms with Crippen LogP contribution in [0.5, 0.6) is 5.75 Å². The van der Waals surface area contributed by atoms with Crippen molar-refractivity contribution in [3.8, 4) is 39.4 Å². The number of benzene rings is 5. The Kier molecular flexibility index (Phi) is 8.14. The van der Waals surface area contributed by atoms with Gasteiger partial charge in [-0.3, -0.25) is 0 Å². The normalized spacial score (nSPS) is 12.4. The molecule has 0 unspecified atom stereocenters. The zero-order chi connectivity index (χ0) is 29.4. The van der Waals surface area contributed by atoms with E-state index in [1.54, 1.807) is 13.3 Å². The van der Waals surface area contributed by atoms with Gasteiger partial charge in [0.1, 0.15) is 0 Å². The van der Waals surface area contributed by atoms with Gasteiger partial charge in [-0.15, -0.1) is 59.0 Å². The third-order valence-corrected chi connectivity index (χ3v) is 8.33. The Morgan fingerprint density at radius 2 is 1.45 bits per heavy atom. The van der Waals surface area contributed by atoms with E-state index in [0.29, 0.717) is 0 Å². The first-order valence-electron chi connectivity index (χ1n) is 14.4. The Labute approximate surface area is 272 Å². The fraction of sp³-hybridized carbons (Fsp3) is 0.100. The SMILES string of the molecule is COc1cc[c-]c(-c2nccc3c2C(C)(C)c2ccc4ccccc4c2-3)c1.[Ir].[c-]1cc2ccccc2cc1-c1ccccn1. The number of hydrogen-bond acceptors (Lipinski definition) is 3. The molecular weight excluding hydrogens is 717 g/mol. The minimum absolute atomic E-state index is 0. The molecule has 0 fully saturated rings. The van der Waals surface area contributed by atoms with E-state index >= 15 is 0 Å². The maximum absolute atomic E-state index is 5.42. The monoisotopic (exact) mass is 747 g/mol. The van der Waals surface area contributed by atoms with E-state index in [1.807, 2.05) is 60.8 Å². The van der Waals surface area contributed by atoms with Crippen molar-refractivity contribution in [2.24, 2.45) is 0 Å². The van der Waals surface area contributed by atoms with E-state index < -0.39 is 0 Å². The zero-order valence-electron chi connectivity index (χ0n) is 24.8. The first-order chi connectivity index (χ1) is 21.0. The summed E-state index contributed by atoms with van der Waals surface area (Å²) < 4.78 is 5.42. The van der Waals surface area contributed by atoms with Crippen molar-refractivity contribution < 1.29 is 24.8 Å². The van der Waals surface area contributed by atoms with Crippen molar-refractivity contribution in [2.75, 3.05) is 7.11 Å². The molecule has 44 heavy (non-hydrogen) atoms. The van der Waals surface area contributed by atoms with Crippen molar-refractivity contribution in [3.63, 3.8) is 0 Å². The number of rotatable bonds is 3. The topological polar surface area (TPSA) is 35.0 Å². The molecule has 3 nitrogen and oxygen atoms in total. The second-order valence-corrected chi connectivity index (χ2v) is 11.2. The van der Waals surface area contributed by atoms with E-state index in [-0.39, 0.29) is 25.5 Å². The Balaban J connectivity index is 0.000000173. The molecule has 0 spiro atoms. The van der Waals surface area contributed by atoms with Crippen molar-refractivity contribution in [1.82, 2.24) is 9.97 Å². The van der Waals surface area contributed by atoms with Gasteiger partial charge in [0.15, 0.2) is 0 Å². The Bertz CT molecular complexity index is 2100. The van der Waals surface area contributed by atoms with Gasteiger partial charge in [-0.1, -0.05) is 92.0 Å². The van der Waals surface area contributed by atoms with Crippen LogP contribution in [0.1, 0.15) is 25.0 Å². The maximum atomic E-state index is 5.42. The average molecular weight is 747 g/mol. The van der Waals surface area contributed by atoms with Gasteiger partial charge in [0.05, 0.1) is 7.11 Å². The number of methoxy groups -OCH3 is 1. The molecule has 0 amide bonds. The van der Waals surface area contributed by atoms with Crippen LogP contribution < -0.4 is 4.74 Å². The van der Waals surface area contributed by atoms with E-state index in [2.05, 4.69) is 91.6 Å². The van der Waals surface area contributed by atoms with E-state index in [1.165, 1.54) is 43.8 Å². The van der Waals surface area contributed by atoms with Gasteiger partial charge >= 0.3 is 0 Å². The third kappa shape index (κ3) is 5.21. The van der Waals surface area contributed by atoms with Crippen LogP contribution in [-0.4, -0.2) is 17.1 Å². The van der Waals surface area contributed by atoms with E-state index in [9.17, 15) is 0 Å². The summed E-state index contributed by atoms with van der Waals surface area (Å²) in [6, 6.07) is 46.0. The van der Waals surface area contributed by atoms with Crippen LogP contribution in [0.2, 0.25) is 0 Å². The number of pyridine rings is 2. The third-order valence-electron chi connectivity index (χ3n) is 8.33. The second kappa shape index (κ2) is 12.2. The molecule has 2 aromatic heterocycles. The molecule has 0 N–H and O–H groups in total. The number of hydrogen-bond donors (Lipinski definition) is 0. The molecule has 0 saturated carbocycles. The van der Waals surface area contributed by atoms with Gasteiger partial charge in [-0.2, -0.15) is 0 Å². The van der Waals surface area contributed by atoms with Crippen LogP contribution in [0.4, 0.5) is 0 Å². The smallest absolute Gasteiger partial charge is 0.0751 e. The molecule has 5 aromatic carbocycles. The molecule has 217 valence electrons. The van der Waals surface area contributed by atoms with Crippen LogP contribution in [0.3, 0.4) is 0 Å². The largest absolute Gasteiger partial charge is 0.516 e. The fourth-order valence-electron chi connectivity index (χ4n) is 6.23. The van der Waals surface area contributed by atoms with Gasteiger partial charge in [-0.05, 0) is 56.5 Å². The summed E-state index contributed by atoms with van der Waals surface area (Å²) in [4.78, 5) is 9.09. The minimum atomic E-state index is -0.130. The van der Waals surface area contributed by atoms with Gasteiger partial charge in [0.25, 0.3) is 0 Å². The second-order valence-electron chi connectivity index (χ2n) is 11.2. The molecule has 7 aromatic rings. The van der Waals surface area contributed by atoms with Gasteiger partial charge in [0, 0.05) is 43.7 Å². The van der Waals surface area contributed by atoms with Crippen LogP contribution in [0, 0.1) is 12.1 Å². The van der Waals surface area contributed by atoms with Gasteiger partial charge < -0.3 is 14.7 Å². The van der Waals surface area contributed by atoms with Crippen molar-refractivity contribution in [2.45, 2.75) is 19.3 Å². The van der Waals surface area contributed by atoms with Crippen molar-refractivity contribution in [1.29, 1.82) is 0 Å². The number of ether oxygens (including phenoxy) is 1. The molecule has 0 bridgehead atoms. The predicted octanol–water partition coefficient (Wildman–Crippen LogP) is 9.72. The van der Waals surface area contributed by atoms with E-state index in [4.69, 9.17) is 9.72 Å². The molecule has 2 heterocycles. The molecule has 1 aliphatic rings. The molecule has 1 radical (unpaired) electrons. The first kappa shape index (κ1) is 29.4. The minimum Gasteiger partial charge on any atom is -0.516 e. The molecule has 0 atom stereocenters. The van der Waals surface area contributed by atoms with Crippen LogP contribution in [0.15, 0.2) is 128 Å². The van der Waals surface area contributed by atoms with E-state index in [0.717, 1.165) is 28.3 Å². The molecule has 0 aliphatic heterocycles. The average Bonchev–Trinajstić information content (AvgIpc) is 3.32. The quantitative estimate of drug-likeness (QED) is 0.169. The predicted molar refractivity (Wildman–Crippen MR) is 176 cm³/mol. The Morgan fingerprint density at radius 3 is 2.25 bits per heavy atom. The van der Waals surface area contributed by atoms with Gasteiger partial charge in [-0.25, -0.2) is 0 Å². The fourth-order valence-corrected chi connectivity index (χ4v) is 6.23. The number of fused-ring (bicyclic) bond motifs is 6. The summed E-state index contributed by atoms with van der Waals surface area (Å²) in [7, 11) is 1.69. The summed E-state index contributed by atoms with van der Waals surface area (Å²) in [6.45, 7) is 4.58. The molecule has 1 aliphatic carbocycles. The molecule has 8 rings (SSSR count). The Morgan fingerprint density at radius 1 is 0.682 bits per heavy atom. The first-order valence-corrected chi connectivity index (χ1v) is 14.4. The zero-order valence-corrected chi connectivity index (χ0v) is 27.2. The van der Waals surface area contributed by atoms with Crippen LogP contribution in [0.25, 0.3) is 55.2 Å². The molecule has 0 saturated heterocycles. The number of aromatic nitrogens is 2. The summed E-state index contributed by atoms with van der Waals surface area (Å²) in [5.41, 5.74) is 9.05. The van der Waals surface area contributed by atoms with Crippen LogP contribution >= 0.6 is 0 Å². The summed E-state index contributed by atoms with van der Waals surface area (Å²) in [5, 5.41) is 5.00.